The second-order valence-electron chi connectivity index (χ2n) is 9.20. The highest BCUT2D eigenvalue weighted by molar-refractivity contribution is 6.04. The predicted molar refractivity (Wildman–Crippen MR) is 134 cm³/mol. The van der Waals surface area contributed by atoms with Crippen molar-refractivity contribution in [3.63, 3.8) is 0 Å². The third-order valence-electron chi connectivity index (χ3n) is 7.03. The molecule has 4 rings (SSSR count). The predicted octanol–water partition coefficient (Wildman–Crippen LogP) is 6.69. The highest BCUT2D eigenvalue weighted by Crippen LogP contribution is 2.52. The van der Waals surface area contributed by atoms with Gasteiger partial charge in [0.1, 0.15) is 5.75 Å². The molecule has 1 N–H and O–H groups in total. The Morgan fingerprint density at radius 1 is 1.21 bits per heavy atom. The van der Waals surface area contributed by atoms with Gasteiger partial charge >= 0.3 is 0 Å². The summed E-state index contributed by atoms with van der Waals surface area (Å²) in [6, 6.07) is 9.69. The Bertz CT molecular complexity index is 929. The highest BCUT2D eigenvalue weighted by atomic mass is 16.5. The molecular formula is C28H40N2O3. The van der Waals surface area contributed by atoms with E-state index >= 15 is 0 Å². The first kappa shape index (κ1) is 25.2. The van der Waals surface area contributed by atoms with Crippen LogP contribution in [-0.2, 0) is 10.2 Å². The number of pyridine rings is 1. The van der Waals surface area contributed by atoms with Crippen LogP contribution >= 0.6 is 0 Å². The van der Waals surface area contributed by atoms with E-state index in [4.69, 9.17) is 9.47 Å². The number of aryl methyl sites for hydroxylation is 1. The molecule has 2 heterocycles. The van der Waals surface area contributed by atoms with Crippen molar-refractivity contribution in [3.8, 4) is 5.75 Å². The molecule has 3 unspecified atom stereocenters. The minimum absolute atomic E-state index is 0.106. The smallest absolute Gasteiger partial charge is 0.255 e. The van der Waals surface area contributed by atoms with Crippen molar-refractivity contribution >= 4 is 11.6 Å². The van der Waals surface area contributed by atoms with E-state index in [9.17, 15) is 4.79 Å². The molecule has 2 aliphatic rings. The molecule has 1 amide bonds. The van der Waals surface area contributed by atoms with Gasteiger partial charge in [0.25, 0.3) is 5.91 Å². The number of rotatable bonds is 5. The molecule has 5 heteroatoms. The molecule has 1 aliphatic carbocycles. The van der Waals surface area contributed by atoms with Crippen molar-refractivity contribution in [2.24, 2.45) is 5.92 Å². The normalized spacial score (nSPS) is 23.7. The molecule has 1 fully saturated rings. The van der Waals surface area contributed by atoms with Crippen LogP contribution in [0, 0.1) is 12.8 Å². The molecule has 2 aromatic rings. The van der Waals surface area contributed by atoms with Crippen LogP contribution < -0.4 is 10.1 Å². The first-order valence-corrected chi connectivity index (χ1v) is 12.6. The first-order chi connectivity index (χ1) is 16.0. The van der Waals surface area contributed by atoms with Gasteiger partial charge in [0.05, 0.1) is 24.1 Å². The number of hydrogen-bond acceptors (Lipinski definition) is 4. The molecule has 0 spiro atoms. The highest BCUT2D eigenvalue weighted by Gasteiger charge is 2.46. The first-order valence-electron chi connectivity index (χ1n) is 12.6. The van der Waals surface area contributed by atoms with E-state index in [0.29, 0.717) is 24.2 Å². The summed E-state index contributed by atoms with van der Waals surface area (Å²) in [7, 11) is 0. The summed E-state index contributed by atoms with van der Waals surface area (Å²) in [6.45, 7) is 12.0. The van der Waals surface area contributed by atoms with Crippen molar-refractivity contribution in [1.82, 2.24) is 4.98 Å². The summed E-state index contributed by atoms with van der Waals surface area (Å²) in [5.41, 5.74) is 3.52. The van der Waals surface area contributed by atoms with Gasteiger partial charge in [-0.2, -0.15) is 0 Å². The molecule has 1 aromatic carbocycles. The molecule has 0 radical (unpaired) electrons. The minimum Gasteiger partial charge on any atom is -0.493 e. The van der Waals surface area contributed by atoms with Gasteiger partial charge in [-0.15, -0.1) is 0 Å². The summed E-state index contributed by atoms with van der Waals surface area (Å²) in [5, 5.41) is 2.98. The minimum atomic E-state index is -0.135. The Morgan fingerprint density at radius 2 is 2.00 bits per heavy atom. The zero-order valence-corrected chi connectivity index (χ0v) is 20.9. The van der Waals surface area contributed by atoms with Crippen LogP contribution in [-0.4, -0.2) is 30.2 Å². The Balaban J connectivity index is 0.000000968. The summed E-state index contributed by atoms with van der Waals surface area (Å²) in [4.78, 5) is 17.1. The van der Waals surface area contributed by atoms with E-state index < -0.39 is 0 Å². The monoisotopic (exact) mass is 452 g/mol. The van der Waals surface area contributed by atoms with Crippen LogP contribution in [0.5, 0.6) is 5.75 Å². The maximum Gasteiger partial charge on any atom is 0.255 e. The summed E-state index contributed by atoms with van der Waals surface area (Å²) >= 11 is 0. The van der Waals surface area contributed by atoms with E-state index in [0.717, 1.165) is 55.8 Å². The van der Waals surface area contributed by atoms with Crippen LogP contribution in [0.15, 0.2) is 36.5 Å². The number of amides is 1. The van der Waals surface area contributed by atoms with Gasteiger partial charge < -0.3 is 14.8 Å². The molecule has 0 saturated heterocycles. The third-order valence-corrected chi connectivity index (χ3v) is 7.03. The average Bonchev–Trinajstić information content (AvgIpc) is 2.97. The van der Waals surface area contributed by atoms with Crippen molar-refractivity contribution in [2.45, 2.75) is 84.7 Å². The van der Waals surface area contributed by atoms with Gasteiger partial charge in [0.2, 0.25) is 0 Å². The van der Waals surface area contributed by atoms with Crippen LogP contribution in [0.2, 0.25) is 0 Å². The lowest BCUT2D eigenvalue weighted by Gasteiger charge is -2.46. The zero-order chi connectivity index (χ0) is 23.8. The molecule has 1 aromatic heterocycles. The van der Waals surface area contributed by atoms with Gasteiger partial charge in [-0.1, -0.05) is 33.3 Å². The van der Waals surface area contributed by atoms with Gasteiger partial charge in [-0.3, -0.25) is 9.78 Å². The Hall–Kier alpha value is -2.40. The molecule has 0 bridgehead atoms. The second kappa shape index (κ2) is 11.6. The zero-order valence-electron chi connectivity index (χ0n) is 20.9. The van der Waals surface area contributed by atoms with Crippen LogP contribution in [0.3, 0.4) is 0 Å². The number of fused-ring (bicyclic) bond motifs is 3. The number of hydrogen-bond donors (Lipinski definition) is 1. The van der Waals surface area contributed by atoms with E-state index in [1.165, 1.54) is 12.0 Å². The van der Waals surface area contributed by atoms with Crippen LogP contribution in [0.1, 0.15) is 87.8 Å². The maximum atomic E-state index is 12.9. The Morgan fingerprint density at radius 3 is 2.70 bits per heavy atom. The average molecular weight is 453 g/mol. The molecule has 1 saturated carbocycles. The third kappa shape index (κ3) is 5.57. The Labute approximate surface area is 199 Å². The summed E-state index contributed by atoms with van der Waals surface area (Å²) in [6.07, 6.45) is 8.72. The quantitative estimate of drug-likeness (QED) is 0.549. The van der Waals surface area contributed by atoms with Gasteiger partial charge in [-0.25, -0.2) is 0 Å². The SMILES string of the molecule is CCC.CCOC1CCC2(CC)c3ccc(C(=O)Nc4cccnc4C)cc3OCCC2C1. The number of anilines is 1. The molecule has 1 aliphatic heterocycles. The number of ether oxygens (including phenoxy) is 2. The van der Waals surface area contributed by atoms with E-state index in [1.807, 2.05) is 31.2 Å². The molecule has 180 valence electrons. The van der Waals surface area contributed by atoms with Gasteiger partial charge in [0.15, 0.2) is 0 Å². The van der Waals surface area contributed by atoms with Crippen molar-refractivity contribution in [3.05, 3.63) is 53.3 Å². The largest absolute Gasteiger partial charge is 0.493 e. The molecule has 33 heavy (non-hydrogen) atoms. The van der Waals surface area contributed by atoms with E-state index in [2.05, 4.69) is 44.1 Å². The summed E-state index contributed by atoms with van der Waals surface area (Å²) in [5.74, 6) is 1.28. The van der Waals surface area contributed by atoms with Crippen LogP contribution in [0.4, 0.5) is 5.69 Å². The standard InChI is InChI=1S/C25H32N2O3.C3H8/c1-4-25-12-10-20(29-5-2)16-19(25)11-14-30-23-15-18(8-9-21(23)25)24(28)27-22-7-6-13-26-17(22)3;1-3-2/h6-9,13,15,19-20H,4-5,10-12,14,16H2,1-3H3,(H,27,28);3H2,1-2H3. The fourth-order valence-electron chi connectivity index (χ4n) is 5.39. The van der Waals surface area contributed by atoms with E-state index in [-0.39, 0.29) is 11.3 Å². The lowest BCUT2D eigenvalue weighted by Crippen LogP contribution is -2.42. The number of nitrogens with one attached hydrogen (secondary N) is 1. The fourth-order valence-corrected chi connectivity index (χ4v) is 5.39. The molecular weight excluding hydrogens is 412 g/mol. The second-order valence-corrected chi connectivity index (χ2v) is 9.20. The van der Waals surface area contributed by atoms with E-state index in [1.54, 1.807) is 6.20 Å². The maximum absolute atomic E-state index is 12.9. The number of carbonyl (C=O) groups is 1. The van der Waals surface area contributed by atoms with Gasteiger partial charge in [0, 0.05) is 29.3 Å². The van der Waals surface area contributed by atoms with Gasteiger partial charge in [-0.05, 0) is 76.1 Å². The number of benzene rings is 1. The van der Waals surface area contributed by atoms with Crippen molar-refractivity contribution < 1.29 is 14.3 Å². The summed E-state index contributed by atoms with van der Waals surface area (Å²) < 4.78 is 12.2. The number of nitrogens with zero attached hydrogens (tertiary/aromatic N) is 1. The van der Waals surface area contributed by atoms with Crippen molar-refractivity contribution in [1.29, 1.82) is 0 Å². The molecule has 5 nitrogen and oxygen atoms in total. The lowest BCUT2D eigenvalue weighted by atomic mass is 9.59. The number of carbonyl (C=O) groups excluding carboxylic acids is 1. The number of aromatic nitrogens is 1. The fraction of sp³-hybridized carbons (Fsp3) is 0.571. The topological polar surface area (TPSA) is 60.5 Å². The molecule has 3 atom stereocenters. The van der Waals surface area contributed by atoms with Crippen LogP contribution in [0.25, 0.3) is 0 Å². The Kier molecular flexibility index (Phi) is 8.90. The lowest BCUT2D eigenvalue weighted by molar-refractivity contribution is -0.0103. The van der Waals surface area contributed by atoms with Crippen molar-refractivity contribution in [2.75, 3.05) is 18.5 Å².